The second-order valence-corrected chi connectivity index (χ2v) is 5.91. The van der Waals surface area contributed by atoms with Gasteiger partial charge in [0.05, 0.1) is 4.90 Å². The van der Waals surface area contributed by atoms with E-state index in [9.17, 15) is 13.2 Å². The SMILES string of the molecule is CCN(CC)S(=O)(=O)c1ccc(C(N)C(=O)O)cc1. The number of nitrogens with zero attached hydrogens (tertiary/aromatic N) is 1. The van der Waals surface area contributed by atoms with Crippen molar-refractivity contribution in [3.8, 4) is 0 Å². The lowest BCUT2D eigenvalue weighted by atomic mass is 10.1. The Morgan fingerprint density at radius 3 is 2.11 bits per heavy atom. The number of rotatable bonds is 6. The lowest BCUT2D eigenvalue weighted by Gasteiger charge is -2.18. The molecule has 1 aromatic carbocycles. The molecular formula is C12H18N2O4S. The summed E-state index contributed by atoms with van der Waals surface area (Å²) < 4.78 is 25.7. The highest BCUT2D eigenvalue weighted by Gasteiger charge is 2.22. The summed E-state index contributed by atoms with van der Waals surface area (Å²) >= 11 is 0. The molecule has 0 radical (unpaired) electrons. The summed E-state index contributed by atoms with van der Waals surface area (Å²) in [7, 11) is -3.52. The van der Waals surface area contributed by atoms with Crippen LogP contribution in [0.1, 0.15) is 25.5 Å². The maximum absolute atomic E-state index is 12.2. The molecule has 0 bridgehead atoms. The third kappa shape index (κ3) is 3.31. The number of sulfonamides is 1. The van der Waals surface area contributed by atoms with Gasteiger partial charge in [-0.1, -0.05) is 26.0 Å². The molecule has 7 heteroatoms. The summed E-state index contributed by atoms with van der Waals surface area (Å²) in [5, 5.41) is 8.78. The standard InChI is InChI=1S/C12H18N2O4S/c1-3-14(4-2)19(17,18)10-7-5-9(6-8-10)11(13)12(15)16/h5-8,11H,3-4,13H2,1-2H3,(H,15,16). The van der Waals surface area contributed by atoms with Crippen LogP contribution in [-0.4, -0.2) is 36.9 Å². The molecule has 0 aromatic heterocycles. The van der Waals surface area contributed by atoms with Gasteiger partial charge in [0.1, 0.15) is 6.04 Å². The monoisotopic (exact) mass is 286 g/mol. The Hall–Kier alpha value is -1.44. The van der Waals surface area contributed by atoms with Crippen molar-refractivity contribution in [2.24, 2.45) is 5.73 Å². The number of benzene rings is 1. The molecule has 0 spiro atoms. The Kier molecular flexibility index (Phi) is 5.04. The van der Waals surface area contributed by atoms with Crippen LogP contribution in [0.15, 0.2) is 29.2 Å². The van der Waals surface area contributed by atoms with Gasteiger partial charge in [-0.2, -0.15) is 4.31 Å². The molecule has 1 atom stereocenters. The van der Waals surface area contributed by atoms with E-state index in [0.717, 1.165) is 0 Å². The minimum Gasteiger partial charge on any atom is -0.480 e. The second kappa shape index (κ2) is 6.14. The molecule has 0 aliphatic heterocycles. The molecular weight excluding hydrogens is 268 g/mol. The highest BCUT2D eigenvalue weighted by molar-refractivity contribution is 7.89. The summed E-state index contributed by atoms with van der Waals surface area (Å²) in [6, 6.07) is 4.47. The summed E-state index contributed by atoms with van der Waals surface area (Å²) in [4.78, 5) is 10.9. The molecule has 3 N–H and O–H groups in total. The summed E-state index contributed by atoms with van der Waals surface area (Å²) in [6.07, 6.45) is 0. The van der Waals surface area contributed by atoms with Crippen molar-refractivity contribution in [1.29, 1.82) is 0 Å². The fourth-order valence-electron chi connectivity index (χ4n) is 1.70. The maximum atomic E-state index is 12.2. The quantitative estimate of drug-likeness (QED) is 0.805. The van der Waals surface area contributed by atoms with Crippen molar-refractivity contribution < 1.29 is 18.3 Å². The van der Waals surface area contributed by atoms with E-state index in [1.807, 2.05) is 0 Å². The number of carboxylic acid groups (broad SMARTS) is 1. The first-order valence-corrected chi connectivity index (χ1v) is 7.37. The topological polar surface area (TPSA) is 101 Å². The van der Waals surface area contributed by atoms with Gasteiger partial charge >= 0.3 is 5.97 Å². The number of carbonyl (C=O) groups is 1. The van der Waals surface area contributed by atoms with Crippen molar-refractivity contribution in [2.45, 2.75) is 24.8 Å². The summed E-state index contributed by atoms with van der Waals surface area (Å²) in [5.74, 6) is -1.15. The molecule has 1 unspecified atom stereocenters. The summed E-state index contributed by atoms with van der Waals surface area (Å²) in [5.41, 5.74) is 5.82. The zero-order valence-corrected chi connectivity index (χ0v) is 11.7. The fourth-order valence-corrected chi connectivity index (χ4v) is 3.16. The first kappa shape index (κ1) is 15.6. The van der Waals surface area contributed by atoms with E-state index in [4.69, 9.17) is 10.8 Å². The lowest BCUT2D eigenvalue weighted by Crippen LogP contribution is -2.30. The van der Waals surface area contributed by atoms with E-state index in [-0.39, 0.29) is 4.90 Å². The molecule has 6 nitrogen and oxygen atoms in total. The molecule has 0 saturated carbocycles. The second-order valence-electron chi connectivity index (χ2n) is 3.97. The van der Waals surface area contributed by atoms with Crippen LogP contribution in [0.4, 0.5) is 0 Å². The highest BCUT2D eigenvalue weighted by atomic mass is 32.2. The van der Waals surface area contributed by atoms with Crippen molar-refractivity contribution in [2.75, 3.05) is 13.1 Å². The molecule has 0 heterocycles. The Morgan fingerprint density at radius 2 is 1.74 bits per heavy atom. The third-order valence-electron chi connectivity index (χ3n) is 2.85. The van der Waals surface area contributed by atoms with Crippen LogP contribution in [-0.2, 0) is 14.8 Å². The molecule has 0 aliphatic rings. The fraction of sp³-hybridized carbons (Fsp3) is 0.417. The van der Waals surface area contributed by atoms with Crippen molar-refractivity contribution in [3.05, 3.63) is 29.8 Å². The minimum atomic E-state index is -3.52. The maximum Gasteiger partial charge on any atom is 0.325 e. The highest BCUT2D eigenvalue weighted by Crippen LogP contribution is 2.18. The molecule has 19 heavy (non-hydrogen) atoms. The smallest absolute Gasteiger partial charge is 0.325 e. The number of carboxylic acids is 1. The van der Waals surface area contributed by atoms with Crippen LogP contribution < -0.4 is 5.73 Å². The number of hydrogen-bond acceptors (Lipinski definition) is 4. The predicted molar refractivity (Wildman–Crippen MR) is 71.1 cm³/mol. The van der Waals surface area contributed by atoms with Gasteiger partial charge in [0.15, 0.2) is 0 Å². The van der Waals surface area contributed by atoms with Gasteiger partial charge < -0.3 is 10.8 Å². The van der Waals surface area contributed by atoms with Gasteiger partial charge in [-0.25, -0.2) is 8.42 Å². The molecule has 1 aromatic rings. The first-order chi connectivity index (χ1) is 8.84. The van der Waals surface area contributed by atoms with E-state index < -0.39 is 22.0 Å². The van der Waals surface area contributed by atoms with Gasteiger partial charge in [-0.3, -0.25) is 4.79 Å². The molecule has 0 amide bonds. The Bertz CT molecular complexity index is 535. The van der Waals surface area contributed by atoms with Gasteiger partial charge in [0, 0.05) is 13.1 Å². The van der Waals surface area contributed by atoms with Crippen LogP contribution >= 0.6 is 0 Å². The van der Waals surface area contributed by atoms with Gasteiger partial charge in [-0.15, -0.1) is 0 Å². The molecule has 0 saturated heterocycles. The minimum absolute atomic E-state index is 0.137. The van der Waals surface area contributed by atoms with Crippen LogP contribution in [0, 0.1) is 0 Å². The number of nitrogens with two attached hydrogens (primary N) is 1. The van der Waals surface area contributed by atoms with Crippen LogP contribution in [0.2, 0.25) is 0 Å². The van der Waals surface area contributed by atoms with Gasteiger partial charge in [0.25, 0.3) is 0 Å². The van der Waals surface area contributed by atoms with E-state index in [1.165, 1.54) is 28.6 Å². The van der Waals surface area contributed by atoms with E-state index in [2.05, 4.69) is 0 Å². The number of aliphatic carboxylic acids is 1. The molecule has 106 valence electrons. The van der Waals surface area contributed by atoms with E-state index >= 15 is 0 Å². The number of hydrogen-bond donors (Lipinski definition) is 2. The third-order valence-corrected chi connectivity index (χ3v) is 4.91. The summed E-state index contributed by atoms with van der Waals surface area (Å²) in [6.45, 7) is 4.29. The average molecular weight is 286 g/mol. The average Bonchev–Trinajstić information content (AvgIpc) is 2.39. The normalized spacial score (nSPS) is 13.5. The molecule has 1 rings (SSSR count). The Labute approximate surface area is 112 Å². The Balaban J connectivity index is 3.09. The van der Waals surface area contributed by atoms with E-state index in [1.54, 1.807) is 13.8 Å². The van der Waals surface area contributed by atoms with Crippen molar-refractivity contribution in [3.63, 3.8) is 0 Å². The zero-order chi connectivity index (χ0) is 14.6. The predicted octanol–water partition coefficient (Wildman–Crippen LogP) is 0.802. The largest absolute Gasteiger partial charge is 0.480 e. The van der Waals surface area contributed by atoms with Gasteiger partial charge in [0.2, 0.25) is 10.0 Å². The van der Waals surface area contributed by atoms with E-state index in [0.29, 0.717) is 18.7 Å². The van der Waals surface area contributed by atoms with Crippen molar-refractivity contribution >= 4 is 16.0 Å². The molecule has 0 fully saturated rings. The lowest BCUT2D eigenvalue weighted by molar-refractivity contribution is -0.138. The Morgan fingerprint density at radius 1 is 1.26 bits per heavy atom. The molecule has 0 aliphatic carbocycles. The van der Waals surface area contributed by atoms with Crippen LogP contribution in [0.3, 0.4) is 0 Å². The van der Waals surface area contributed by atoms with Gasteiger partial charge in [-0.05, 0) is 17.7 Å². The van der Waals surface area contributed by atoms with Crippen LogP contribution in [0.5, 0.6) is 0 Å². The van der Waals surface area contributed by atoms with Crippen LogP contribution in [0.25, 0.3) is 0 Å². The zero-order valence-electron chi connectivity index (χ0n) is 10.9. The van der Waals surface area contributed by atoms with Crippen molar-refractivity contribution in [1.82, 2.24) is 4.31 Å². The first-order valence-electron chi connectivity index (χ1n) is 5.93.